The van der Waals surface area contributed by atoms with E-state index >= 15 is 0 Å². The van der Waals surface area contributed by atoms with Gasteiger partial charge in [0, 0.05) is 10.2 Å². The molecule has 2 rings (SSSR count). The Labute approximate surface area is 119 Å². The molecule has 0 aliphatic carbocycles. The minimum absolute atomic E-state index is 0.260. The molecule has 0 fully saturated rings. The summed E-state index contributed by atoms with van der Waals surface area (Å²) in [6.07, 6.45) is 0. The third-order valence-electron chi connectivity index (χ3n) is 2.81. The molecule has 0 heterocycles. The molecule has 19 heavy (non-hydrogen) atoms. The first-order valence-corrected chi connectivity index (χ1v) is 6.60. The summed E-state index contributed by atoms with van der Waals surface area (Å²) in [4.78, 5) is 12.2. The van der Waals surface area contributed by atoms with E-state index in [4.69, 9.17) is 0 Å². The average molecular weight is 322 g/mol. The molecule has 0 aromatic heterocycles. The zero-order valence-corrected chi connectivity index (χ0v) is 12.2. The van der Waals surface area contributed by atoms with Gasteiger partial charge in [0.2, 0.25) is 0 Å². The molecular formula is C15H13BrFNO. The van der Waals surface area contributed by atoms with Crippen LogP contribution in [0.5, 0.6) is 0 Å². The van der Waals surface area contributed by atoms with Crippen molar-refractivity contribution < 1.29 is 9.18 Å². The highest BCUT2D eigenvalue weighted by Crippen LogP contribution is 2.21. The molecule has 2 aromatic carbocycles. The SMILES string of the molecule is Cc1ccc(Br)c(C(=O)Nc2cc(F)ccc2C)c1. The lowest BCUT2D eigenvalue weighted by Crippen LogP contribution is -2.13. The van der Waals surface area contributed by atoms with E-state index in [1.165, 1.54) is 12.1 Å². The van der Waals surface area contributed by atoms with Gasteiger partial charge in [0.05, 0.1) is 5.56 Å². The number of hydrogen-bond donors (Lipinski definition) is 1. The highest BCUT2D eigenvalue weighted by Gasteiger charge is 2.12. The highest BCUT2D eigenvalue weighted by molar-refractivity contribution is 9.10. The van der Waals surface area contributed by atoms with Crippen LogP contribution in [0.25, 0.3) is 0 Å². The molecule has 98 valence electrons. The van der Waals surface area contributed by atoms with Crippen LogP contribution in [0.1, 0.15) is 21.5 Å². The lowest BCUT2D eigenvalue weighted by atomic mass is 10.1. The molecule has 0 saturated carbocycles. The van der Waals surface area contributed by atoms with E-state index in [2.05, 4.69) is 21.2 Å². The van der Waals surface area contributed by atoms with Crippen molar-refractivity contribution in [3.8, 4) is 0 Å². The first-order chi connectivity index (χ1) is 8.97. The maximum atomic E-state index is 13.2. The number of benzene rings is 2. The number of aryl methyl sites for hydroxylation is 2. The van der Waals surface area contributed by atoms with E-state index in [0.717, 1.165) is 11.1 Å². The summed E-state index contributed by atoms with van der Waals surface area (Å²) in [5.41, 5.74) is 2.82. The Morgan fingerprint density at radius 3 is 2.63 bits per heavy atom. The van der Waals surface area contributed by atoms with Crippen LogP contribution in [0.4, 0.5) is 10.1 Å². The molecule has 0 aliphatic rings. The normalized spacial score (nSPS) is 10.3. The molecule has 0 atom stereocenters. The highest BCUT2D eigenvalue weighted by atomic mass is 79.9. The number of hydrogen-bond acceptors (Lipinski definition) is 1. The van der Waals surface area contributed by atoms with Crippen molar-refractivity contribution in [2.24, 2.45) is 0 Å². The van der Waals surface area contributed by atoms with Gasteiger partial charge in [-0.3, -0.25) is 4.79 Å². The molecule has 1 N–H and O–H groups in total. The second-order valence-electron chi connectivity index (χ2n) is 4.40. The molecule has 0 spiro atoms. The average Bonchev–Trinajstić information content (AvgIpc) is 2.36. The quantitative estimate of drug-likeness (QED) is 0.869. The van der Waals surface area contributed by atoms with Crippen molar-refractivity contribution in [3.05, 3.63) is 63.4 Å². The molecule has 1 amide bonds. The van der Waals surface area contributed by atoms with Gasteiger partial charge in [-0.15, -0.1) is 0 Å². The van der Waals surface area contributed by atoms with E-state index in [1.807, 2.05) is 26.0 Å². The fourth-order valence-electron chi connectivity index (χ4n) is 1.73. The van der Waals surface area contributed by atoms with Crippen LogP contribution in [0.15, 0.2) is 40.9 Å². The summed E-state index contributed by atoms with van der Waals surface area (Å²) in [6, 6.07) is 9.84. The zero-order valence-electron chi connectivity index (χ0n) is 10.6. The molecule has 4 heteroatoms. The predicted octanol–water partition coefficient (Wildman–Crippen LogP) is 4.46. The Hall–Kier alpha value is -1.68. The summed E-state index contributed by atoms with van der Waals surface area (Å²) in [7, 11) is 0. The van der Waals surface area contributed by atoms with Gasteiger partial charge in [-0.05, 0) is 59.6 Å². The summed E-state index contributed by atoms with van der Waals surface area (Å²) in [5.74, 6) is -0.631. The number of carbonyl (C=O) groups is 1. The summed E-state index contributed by atoms with van der Waals surface area (Å²) < 4.78 is 13.9. The second-order valence-corrected chi connectivity index (χ2v) is 5.25. The first kappa shape index (κ1) is 13.7. The Bertz CT molecular complexity index is 640. The van der Waals surface area contributed by atoms with Crippen LogP contribution in [0, 0.1) is 19.7 Å². The molecular weight excluding hydrogens is 309 g/mol. The van der Waals surface area contributed by atoms with Gasteiger partial charge in [0.25, 0.3) is 5.91 Å². The van der Waals surface area contributed by atoms with Crippen molar-refractivity contribution in [1.82, 2.24) is 0 Å². The zero-order chi connectivity index (χ0) is 14.0. The first-order valence-electron chi connectivity index (χ1n) is 5.81. The van der Waals surface area contributed by atoms with Crippen molar-refractivity contribution in [3.63, 3.8) is 0 Å². The van der Waals surface area contributed by atoms with Gasteiger partial charge in [-0.2, -0.15) is 0 Å². The van der Waals surface area contributed by atoms with Crippen LogP contribution in [0.3, 0.4) is 0 Å². The van der Waals surface area contributed by atoms with Gasteiger partial charge >= 0.3 is 0 Å². The van der Waals surface area contributed by atoms with Gasteiger partial charge in [0.1, 0.15) is 5.82 Å². The lowest BCUT2D eigenvalue weighted by Gasteiger charge is -2.10. The lowest BCUT2D eigenvalue weighted by molar-refractivity contribution is 0.102. The van der Waals surface area contributed by atoms with Crippen molar-refractivity contribution in [2.75, 3.05) is 5.32 Å². The monoisotopic (exact) mass is 321 g/mol. The topological polar surface area (TPSA) is 29.1 Å². The fourth-order valence-corrected chi connectivity index (χ4v) is 2.16. The van der Waals surface area contributed by atoms with Crippen molar-refractivity contribution >= 4 is 27.5 Å². The van der Waals surface area contributed by atoms with Crippen molar-refractivity contribution in [1.29, 1.82) is 0 Å². The maximum Gasteiger partial charge on any atom is 0.256 e. The van der Waals surface area contributed by atoms with Crippen LogP contribution in [0.2, 0.25) is 0 Å². The van der Waals surface area contributed by atoms with E-state index in [1.54, 1.807) is 12.1 Å². The molecule has 0 bridgehead atoms. The van der Waals surface area contributed by atoms with Crippen LogP contribution < -0.4 is 5.32 Å². The number of halogens is 2. The van der Waals surface area contributed by atoms with Gasteiger partial charge in [-0.1, -0.05) is 17.7 Å². The van der Waals surface area contributed by atoms with E-state index in [-0.39, 0.29) is 11.7 Å². The molecule has 0 aliphatic heterocycles. The number of amides is 1. The Morgan fingerprint density at radius 1 is 1.16 bits per heavy atom. The van der Waals surface area contributed by atoms with E-state index in [9.17, 15) is 9.18 Å². The number of nitrogens with one attached hydrogen (secondary N) is 1. The van der Waals surface area contributed by atoms with Crippen molar-refractivity contribution in [2.45, 2.75) is 13.8 Å². The Kier molecular flexibility index (Phi) is 4.00. The molecule has 0 unspecified atom stereocenters. The predicted molar refractivity (Wildman–Crippen MR) is 78.0 cm³/mol. The third kappa shape index (κ3) is 3.20. The second kappa shape index (κ2) is 5.53. The largest absolute Gasteiger partial charge is 0.322 e. The van der Waals surface area contributed by atoms with Crippen LogP contribution in [-0.4, -0.2) is 5.91 Å². The molecule has 0 saturated heterocycles. The molecule has 2 nitrogen and oxygen atoms in total. The van der Waals surface area contributed by atoms with Crippen LogP contribution >= 0.6 is 15.9 Å². The van der Waals surface area contributed by atoms with Crippen LogP contribution in [-0.2, 0) is 0 Å². The van der Waals surface area contributed by atoms with Gasteiger partial charge < -0.3 is 5.32 Å². The smallest absolute Gasteiger partial charge is 0.256 e. The summed E-state index contributed by atoms with van der Waals surface area (Å²) in [6.45, 7) is 3.73. The molecule has 2 aromatic rings. The maximum absolute atomic E-state index is 13.2. The minimum atomic E-state index is -0.371. The number of rotatable bonds is 2. The number of anilines is 1. The standard InChI is InChI=1S/C15H13BrFNO/c1-9-3-6-13(16)12(7-9)15(19)18-14-8-11(17)5-4-10(14)2/h3-8H,1-2H3,(H,18,19). The summed E-state index contributed by atoms with van der Waals surface area (Å²) >= 11 is 3.34. The molecule has 0 radical (unpaired) electrons. The third-order valence-corrected chi connectivity index (χ3v) is 3.51. The summed E-state index contributed by atoms with van der Waals surface area (Å²) in [5, 5.41) is 2.73. The number of carbonyl (C=O) groups excluding carboxylic acids is 1. The van der Waals surface area contributed by atoms with E-state index < -0.39 is 0 Å². The Morgan fingerprint density at radius 2 is 1.89 bits per heavy atom. The minimum Gasteiger partial charge on any atom is -0.322 e. The Balaban J connectivity index is 2.30. The fraction of sp³-hybridized carbons (Fsp3) is 0.133. The van der Waals surface area contributed by atoms with Gasteiger partial charge in [-0.25, -0.2) is 4.39 Å². The van der Waals surface area contributed by atoms with E-state index in [0.29, 0.717) is 15.7 Å². The van der Waals surface area contributed by atoms with Gasteiger partial charge in [0.15, 0.2) is 0 Å².